The normalized spacial score (nSPS) is 10.2. The summed E-state index contributed by atoms with van der Waals surface area (Å²) in [5, 5.41) is 15.3. The predicted octanol–water partition coefficient (Wildman–Crippen LogP) is 4.32. The van der Waals surface area contributed by atoms with Gasteiger partial charge in [-0.05, 0) is 34.1 Å². The van der Waals surface area contributed by atoms with E-state index >= 15 is 0 Å². The summed E-state index contributed by atoms with van der Waals surface area (Å²) in [5.74, 6) is -0.410. The van der Waals surface area contributed by atoms with E-state index in [1.807, 2.05) is 0 Å². The number of nitro benzene ring substituents is 1. The average Bonchev–Trinajstić information content (AvgIpc) is 2.78. The Morgan fingerprint density at radius 2 is 2.16 bits per heavy atom. The highest BCUT2D eigenvalue weighted by Crippen LogP contribution is 2.29. The number of hydrogen-bond donors (Lipinski definition) is 1. The van der Waals surface area contributed by atoms with E-state index in [-0.39, 0.29) is 16.4 Å². The molecule has 1 amide bonds. The fraction of sp³-hybridized carbons (Fsp3) is 0. The maximum atomic E-state index is 11.9. The van der Waals surface area contributed by atoms with E-state index in [1.54, 1.807) is 11.4 Å². The molecule has 0 aliphatic carbocycles. The number of anilines is 1. The molecule has 0 saturated heterocycles. The van der Waals surface area contributed by atoms with Crippen molar-refractivity contribution in [2.75, 3.05) is 5.32 Å². The molecule has 2 aromatic rings. The van der Waals surface area contributed by atoms with Crippen molar-refractivity contribution >= 4 is 56.1 Å². The summed E-state index contributed by atoms with van der Waals surface area (Å²) in [6.07, 6.45) is 0. The molecule has 1 aromatic heterocycles. The van der Waals surface area contributed by atoms with Crippen LogP contribution in [-0.4, -0.2) is 10.8 Å². The average molecular weight is 362 g/mol. The highest BCUT2D eigenvalue weighted by Gasteiger charge is 2.17. The molecule has 5 nitrogen and oxygen atoms in total. The zero-order valence-electron chi connectivity index (χ0n) is 9.22. The Bertz CT molecular complexity index is 659. The van der Waals surface area contributed by atoms with E-state index in [1.165, 1.54) is 29.5 Å². The van der Waals surface area contributed by atoms with Crippen LogP contribution in [0.15, 0.2) is 33.4 Å². The van der Waals surface area contributed by atoms with Crippen molar-refractivity contribution in [2.45, 2.75) is 0 Å². The lowest BCUT2D eigenvalue weighted by Gasteiger charge is -2.05. The van der Waals surface area contributed by atoms with Gasteiger partial charge in [-0.2, -0.15) is 0 Å². The molecule has 1 aromatic carbocycles. The summed E-state index contributed by atoms with van der Waals surface area (Å²) >= 11 is 10.3. The third-order valence-electron chi connectivity index (χ3n) is 2.23. The van der Waals surface area contributed by atoms with Crippen LogP contribution in [0, 0.1) is 10.1 Å². The first-order valence-corrected chi connectivity index (χ1v) is 7.02. The van der Waals surface area contributed by atoms with Crippen molar-refractivity contribution in [2.24, 2.45) is 0 Å². The quantitative estimate of drug-likeness (QED) is 0.653. The van der Waals surface area contributed by atoms with Gasteiger partial charge in [-0.25, -0.2) is 0 Å². The number of halogens is 2. The highest BCUT2D eigenvalue weighted by molar-refractivity contribution is 9.11. The number of nitrogens with one attached hydrogen (secondary N) is 1. The van der Waals surface area contributed by atoms with Gasteiger partial charge in [0.1, 0.15) is 5.69 Å². The molecular formula is C11H6BrClN2O3S. The number of thiophene rings is 1. The molecule has 0 unspecified atom stereocenters. The summed E-state index contributed by atoms with van der Waals surface area (Å²) < 4.78 is 0.809. The molecule has 1 N–H and O–H groups in total. The van der Waals surface area contributed by atoms with Gasteiger partial charge in [-0.15, -0.1) is 11.3 Å². The van der Waals surface area contributed by atoms with Gasteiger partial charge in [0.25, 0.3) is 11.6 Å². The second-order valence-corrected chi connectivity index (χ2v) is 6.24. The van der Waals surface area contributed by atoms with E-state index < -0.39 is 10.8 Å². The van der Waals surface area contributed by atoms with Crippen LogP contribution in [0.25, 0.3) is 0 Å². The Labute approximate surface area is 125 Å². The molecule has 19 heavy (non-hydrogen) atoms. The molecule has 0 aliphatic heterocycles. The number of rotatable bonds is 3. The molecule has 1 heterocycles. The van der Waals surface area contributed by atoms with Gasteiger partial charge in [0.15, 0.2) is 0 Å². The van der Waals surface area contributed by atoms with Crippen molar-refractivity contribution < 1.29 is 9.72 Å². The lowest BCUT2D eigenvalue weighted by Crippen LogP contribution is -2.12. The molecule has 0 bridgehead atoms. The molecule has 8 heteroatoms. The fourth-order valence-corrected chi connectivity index (χ4v) is 2.69. The van der Waals surface area contributed by atoms with Crippen LogP contribution < -0.4 is 5.32 Å². The topological polar surface area (TPSA) is 72.2 Å². The fourth-order valence-electron chi connectivity index (χ4n) is 1.39. The molecule has 2 rings (SSSR count). The zero-order chi connectivity index (χ0) is 14.0. The van der Waals surface area contributed by atoms with Crippen molar-refractivity contribution in [1.29, 1.82) is 0 Å². The molecule has 0 atom stereocenters. The molecule has 0 spiro atoms. The third-order valence-corrected chi connectivity index (χ3v) is 3.97. The lowest BCUT2D eigenvalue weighted by atomic mass is 10.2. The Hall–Kier alpha value is -1.44. The first kappa shape index (κ1) is 14.0. The molecule has 0 aliphatic rings. The van der Waals surface area contributed by atoms with Gasteiger partial charge < -0.3 is 5.32 Å². The molecule has 0 fully saturated rings. The first-order chi connectivity index (χ1) is 8.97. The van der Waals surface area contributed by atoms with Crippen LogP contribution in [0.2, 0.25) is 5.02 Å². The molecule has 0 radical (unpaired) electrons. The highest BCUT2D eigenvalue weighted by atomic mass is 79.9. The van der Waals surface area contributed by atoms with Crippen LogP contribution in [0.4, 0.5) is 11.4 Å². The van der Waals surface area contributed by atoms with Gasteiger partial charge in [0.05, 0.1) is 14.3 Å². The number of amides is 1. The minimum Gasteiger partial charge on any atom is -0.316 e. The third kappa shape index (κ3) is 3.31. The Balaban J connectivity index is 2.28. The number of carbonyl (C=O) groups is 1. The van der Waals surface area contributed by atoms with Crippen LogP contribution in [0.3, 0.4) is 0 Å². The maximum absolute atomic E-state index is 11.9. The lowest BCUT2D eigenvalue weighted by molar-refractivity contribution is -0.383. The van der Waals surface area contributed by atoms with E-state index in [4.69, 9.17) is 11.6 Å². The summed E-state index contributed by atoms with van der Waals surface area (Å²) in [4.78, 5) is 22.2. The minimum atomic E-state index is -0.592. The molecule has 98 valence electrons. The van der Waals surface area contributed by atoms with Gasteiger partial charge in [0.2, 0.25) is 0 Å². The summed E-state index contributed by atoms with van der Waals surface area (Å²) in [6, 6.07) is 5.72. The van der Waals surface area contributed by atoms with Crippen LogP contribution in [0.1, 0.15) is 10.4 Å². The van der Waals surface area contributed by atoms with E-state index in [0.717, 1.165) is 3.79 Å². The minimum absolute atomic E-state index is 0.113. The predicted molar refractivity (Wildman–Crippen MR) is 78.1 cm³/mol. The van der Waals surface area contributed by atoms with Crippen LogP contribution in [-0.2, 0) is 0 Å². The summed E-state index contributed by atoms with van der Waals surface area (Å²) in [5.41, 5.74) is 0.304. The Morgan fingerprint density at radius 1 is 1.42 bits per heavy atom. The van der Waals surface area contributed by atoms with Gasteiger partial charge in [-0.1, -0.05) is 11.6 Å². The van der Waals surface area contributed by atoms with Crippen molar-refractivity contribution in [1.82, 2.24) is 0 Å². The van der Waals surface area contributed by atoms with Gasteiger partial charge >= 0.3 is 0 Å². The number of nitro groups is 1. The Kier molecular flexibility index (Phi) is 4.18. The Morgan fingerprint density at radius 3 is 2.74 bits per heavy atom. The summed E-state index contributed by atoms with van der Waals surface area (Å²) in [7, 11) is 0. The van der Waals surface area contributed by atoms with Crippen LogP contribution >= 0.6 is 38.9 Å². The number of hydrogen-bond acceptors (Lipinski definition) is 4. The van der Waals surface area contributed by atoms with Crippen molar-refractivity contribution in [3.05, 3.63) is 54.1 Å². The number of benzene rings is 1. The van der Waals surface area contributed by atoms with E-state index in [2.05, 4.69) is 21.2 Å². The number of carbonyl (C=O) groups excluding carboxylic acids is 1. The van der Waals surface area contributed by atoms with Crippen LogP contribution in [0.5, 0.6) is 0 Å². The zero-order valence-corrected chi connectivity index (χ0v) is 12.4. The monoisotopic (exact) mass is 360 g/mol. The summed E-state index contributed by atoms with van der Waals surface area (Å²) in [6.45, 7) is 0. The second-order valence-electron chi connectivity index (χ2n) is 3.51. The van der Waals surface area contributed by atoms with Gasteiger partial charge in [-0.3, -0.25) is 14.9 Å². The van der Waals surface area contributed by atoms with Crippen molar-refractivity contribution in [3.63, 3.8) is 0 Å². The maximum Gasteiger partial charge on any atom is 0.294 e. The van der Waals surface area contributed by atoms with E-state index in [0.29, 0.717) is 5.56 Å². The smallest absolute Gasteiger partial charge is 0.294 e. The first-order valence-electron chi connectivity index (χ1n) is 4.96. The standard InChI is InChI=1S/C11H6BrClN2O3S/c12-10-3-6(5-19-10)11(16)14-8-2-1-7(13)4-9(8)15(17)18/h1-5H,(H,14,16). The largest absolute Gasteiger partial charge is 0.316 e. The SMILES string of the molecule is O=C(Nc1ccc(Cl)cc1[N+](=O)[O-])c1csc(Br)c1. The van der Waals surface area contributed by atoms with Crippen molar-refractivity contribution in [3.8, 4) is 0 Å². The second kappa shape index (κ2) is 5.68. The molecule has 0 saturated carbocycles. The number of nitrogens with zero attached hydrogens (tertiary/aromatic N) is 1. The van der Waals surface area contributed by atoms with E-state index in [9.17, 15) is 14.9 Å². The van der Waals surface area contributed by atoms with Gasteiger partial charge in [0, 0.05) is 16.5 Å². The molecular weight excluding hydrogens is 356 g/mol.